The number of aromatic nitrogens is 2. The van der Waals surface area contributed by atoms with Crippen LogP contribution in [0.1, 0.15) is 28.7 Å². The molecule has 3 nitrogen and oxygen atoms in total. The van der Waals surface area contributed by atoms with Gasteiger partial charge in [0, 0.05) is 13.1 Å². The first-order valence-electron chi connectivity index (χ1n) is 4.56. The van der Waals surface area contributed by atoms with Crippen LogP contribution in [0.3, 0.4) is 0 Å². The molecule has 2 aromatic heterocycles. The maximum atomic E-state index is 11.4. The highest BCUT2D eigenvalue weighted by molar-refractivity contribution is 5.94. The van der Waals surface area contributed by atoms with Crippen LogP contribution in [0.2, 0.25) is 0 Å². The number of rotatable bonds is 1. The lowest BCUT2D eigenvalue weighted by atomic mass is 10.2. The second-order valence-electron chi connectivity index (χ2n) is 3.49. The molecule has 0 spiro atoms. The average molecular weight is 188 g/mol. The fraction of sp³-hybridized carbons (Fsp3) is 0.273. The molecular formula is C11H12N2O. The SMILES string of the molecule is CC(=O)c1c(C)nc2c(C)cccn12. The Morgan fingerprint density at radius 2 is 2.14 bits per heavy atom. The van der Waals surface area contributed by atoms with E-state index in [1.54, 1.807) is 6.92 Å². The minimum absolute atomic E-state index is 0.0561. The standard InChI is InChI=1S/C11H12N2O/c1-7-5-4-6-13-10(9(3)14)8(2)12-11(7)13/h4-6H,1-3H3. The first-order chi connectivity index (χ1) is 6.61. The highest BCUT2D eigenvalue weighted by Crippen LogP contribution is 2.15. The highest BCUT2D eigenvalue weighted by atomic mass is 16.1. The molecule has 0 aliphatic heterocycles. The van der Waals surface area contributed by atoms with Crippen molar-refractivity contribution in [1.29, 1.82) is 0 Å². The van der Waals surface area contributed by atoms with Gasteiger partial charge in [-0.1, -0.05) is 6.07 Å². The fourth-order valence-corrected chi connectivity index (χ4v) is 1.74. The molecule has 0 aliphatic rings. The molecule has 0 aliphatic carbocycles. The number of Topliss-reactive ketones (excluding diaryl/α,β-unsaturated/α-hetero) is 1. The molecule has 0 unspecified atom stereocenters. The smallest absolute Gasteiger partial charge is 0.178 e. The zero-order chi connectivity index (χ0) is 10.3. The van der Waals surface area contributed by atoms with Gasteiger partial charge in [0.05, 0.1) is 5.69 Å². The Morgan fingerprint density at radius 1 is 1.43 bits per heavy atom. The molecule has 0 radical (unpaired) electrons. The third kappa shape index (κ3) is 1.13. The summed E-state index contributed by atoms with van der Waals surface area (Å²) in [5.41, 5.74) is 3.44. The first-order valence-corrected chi connectivity index (χ1v) is 4.56. The minimum Gasteiger partial charge on any atom is -0.297 e. The van der Waals surface area contributed by atoms with Crippen molar-refractivity contribution in [3.63, 3.8) is 0 Å². The third-order valence-corrected chi connectivity index (χ3v) is 2.35. The Kier molecular flexibility index (Phi) is 1.88. The van der Waals surface area contributed by atoms with E-state index in [0.29, 0.717) is 5.69 Å². The Balaban J connectivity index is 2.90. The lowest BCUT2D eigenvalue weighted by Gasteiger charge is -1.99. The van der Waals surface area contributed by atoms with E-state index in [1.165, 1.54) is 0 Å². The van der Waals surface area contributed by atoms with E-state index in [2.05, 4.69) is 4.98 Å². The predicted molar refractivity (Wildman–Crippen MR) is 54.7 cm³/mol. The number of ketones is 1. The molecule has 3 heteroatoms. The Labute approximate surface area is 82.4 Å². The monoisotopic (exact) mass is 188 g/mol. The number of carbonyl (C=O) groups is 1. The molecule has 2 heterocycles. The lowest BCUT2D eigenvalue weighted by Crippen LogP contribution is -2.00. The van der Waals surface area contributed by atoms with Gasteiger partial charge in [0.1, 0.15) is 11.3 Å². The van der Waals surface area contributed by atoms with E-state index in [4.69, 9.17) is 0 Å². The van der Waals surface area contributed by atoms with Gasteiger partial charge in [0.15, 0.2) is 5.78 Å². The van der Waals surface area contributed by atoms with Gasteiger partial charge in [-0.2, -0.15) is 0 Å². The van der Waals surface area contributed by atoms with E-state index in [9.17, 15) is 4.79 Å². The maximum Gasteiger partial charge on any atom is 0.178 e. The van der Waals surface area contributed by atoms with Crippen LogP contribution in [-0.4, -0.2) is 15.2 Å². The van der Waals surface area contributed by atoms with Gasteiger partial charge in [0.2, 0.25) is 0 Å². The average Bonchev–Trinajstić information content (AvgIpc) is 2.42. The molecule has 0 saturated carbocycles. The number of nitrogens with zero attached hydrogens (tertiary/aromatic N) is 2. The van der Waals surface area contributed by atoms with Crippen molar-refractivity contribution in [3.05, 3.63) is 35.3 Å². The topological polar surface area (TPSA) is 34.4 Å². The van der Waals surface area contributed by atoms with Crippen LogP contribution in [-0.2, 0) is 0 Å². The van der Waals surface area contributed by atoms with Crippen molar-refractivity contribution in [2.45, 2.75) is 20.8 Å². The molecule has 72 valence electrons. The van der Waals surface area contributed by atoms with E-state index >= 15 is 0 Å². The number of imidazole rings is 1. The normalized spacial score (nSPS) is 10.8. The predicted octanol–water partition coefficient (Wildman–Crippen LogP) is 2.15. The number of hydrogen-bond donors (Lipinski definition) is 0. The minimum atomic E-state index is 0.0561. The van der Waals surface area contributed by atoms with Crippen LogP contribution in [0.5, 0.6) is 0 Å². The van der Waals surface area contributed by atoms with Gasteiger partial charge in [0.25, 0.3) is 0 Å². The molecule has 14 heavy (non-hydrogen) atoms. The number of pyridine rings is 1. The largest absolute Gasteiger partial charge is 0.297 e. The van der Waals surface area contributed by atoms with Crippen molar-refractivity contribution in [3.8, 4) is 0 Å². The van der Waals surface area contributed by atoms with Crippen molar-refractivity contribution < 1.29 is 4.79 Å². The fourth-order valence-electron chi connectivity index (χ4n) is 1.74. The van der Waals surface area contributed by atoms with Gasteiger partial charge in [-0.05, 0) is 25.5 Å². The van der Waals surface area contributed by atoms with Crippen molar-refractivity contribution in [1.82, 2.24) is 9.38 Å². The van der Waals surface area contributed by atoms with Crippen molar-refractivity contribution >= 4 is 11.4 Å². The molecular weight excluding hydrogens is 176 g/mol. The van der Waals surface area contributed by atoms with Gasteiger partial charge >= 0.3 is 0 Å². The Morgan fingerprint density at radius 3 is 2.79 bits per heavy atom. The van der Waals surface area contributed by atoms with Crippen LogP contribution < -0.4 is 0 Å². The van der Waals surface area contributed by atoms with Crippen molar-refractivity contribution in [2.75, 3.05) is 0 Å². The Hall–Kier alpha value is -1.64. The number of fused-ring (bicyclic) bond motifs is 1. The summed E-state index contributed by atoms with van der Waals surface area (Å²) < 4.78 is 1.85. The summed E-state index contributed by atoms with van der Waals surface area (Å²) in [6.45, 7) is 5.42. The summed E-state index contributed by atoms with van der Waals surface area (Å²) >= 11 is 0. The summed E-state index contributed by atoms with van der Waals surface area (Å²) in [5.74, 6) is 0.0561. The zero-order valence-corrected chi connectivity index (χ0v) is 8.53. The van der Waals surface area contributed by atoms with Crippen LogP contribution in [0.4, 0.5) is 0 Å². The molecule has 2 aromatic rings. The number of aryl methyl sites for hydroxylation is 2. The second-order valence-corrected chi connectivity index (χ2v) is 3.49. The number of hydrogen-bond acceptors (Lipinski definition) is 2. The van der Waals surface area contributed by atoms with Crippen LogP contribution in [0.25, 0.3) is 5.65 Å². The molecule has 0 fully saturated rings. The van der Waals surface area contributed by atoms with E-state index < -0.39 is 0 Å². The van der Waals surface area contributed by atoms with Gasteiger partial charge < -0.3 is 0 Å². The highest BCUT2D eigenvalue weighted by Gasteiger charge is 2.12. The van der Waals surface area contributed by atoms with Gasteiger partial charge in [-0.3, -0.25) is 9.20 Å². The van der Waals surface area contributed by atoms with Crippen LogP contribution in [0.15, 0.2) is 18.3 Å². The van der Waals surface area contributed by atoms with E-state index in [-0.39, 0.29) is 5.78 Å². The molecule has 2 rings (SSSR count). The summed E-state index contributed by atoms with van der Waals surface area (Å²) in [5, 5.41) is 0. The van der Waals surface area contributed by atoms with E-state index in [1.807, 2.05) is 36.6 Å². The summed E-state index contributed by atoms with van der Waals surface area (Å²) in [7, 11) is 0. The Bertz CT molecular complexity index is 511. The third-order valence-electron chi connectivity index (χ3n) is 2.35. The molecule has 0 bridgehead atoms. The zero-order valence-electron chi connectivity index (χ0n) is 8.53. The number of carbonyl (C=O) groups excluding carboxylic acids is 1. The quantitative estimate of drug-likeness (QED) is 0.642. The second kappa shape index (κ2) is 2.94. The van der Waals surface area contributed by atoms with E-state index in [0.717, 1.165) is 16.9 Å². The summed E-state index contributed by atoms with van der Waals surface area (Å²) in [6.07, 6.45) is 1.87. The van der Waals surface area contributed by atoms with Crippen LogP contribution in [0, 0.1) is 13.8 Å². The lowest BCUT2D eigenvalue weighted by molar-refractivity contribution is 0.101. The molecule has 0 atom stereocenters. The van der Waals surface area contributed by atoms with Crippen molar-refractivity contribution in [2.24, 2.45) is 0 Å². The molecule has 0 N–H and O–H groups in total. The first kappa shape index (κ1) is 8.94. The molecule has 0 aromatic carbocycles. The summed E-state index contributed by atoms with van der Waals surface area (Å²) in [6, 6.07) is 3.92. The maximum absolute atomic E-state index is 11.4. The van der Waals surface area contributed by atoms with Crippen LogP contribution >= 0.6 is 0 Å². The molecule has 0 amide bonds. The van der Waals surface area contributed by atoms with Gasteiger partial charge in [-0.15, -0.1) is 0 Å². The molecule has 0 saturated heterocycles. The van der Waals surface area contributed by atoms with Gasteiger partial charge in [-0.25, -0.2) is 4.98 Å². The summed E-state index contributed by atoms with van der Waals surface area (Å²) in [4.78, 5) is 15.8.